The molecule has 0 unspecified atom stereocenters. The topological polar surface area (TPSA) is 40.6 Å². The molecule has 2 aliphatic heterocycles. The lowest BCUT2D eigenvalue weighted by molar-refractivity contribution is 0.606. The second-order valence-corrected chi connectivity index (χ2v) is 4.57. The lowest BCUT2D eigenvalue weighted by Gasteiger charge is -2.38. The van der Waals surface area contributed by atoms with Crippen LogP contribution in [0.25, 0.3) is 0 Å². The summed E-state index contributed by atoms with van der Waals surface area (Å²) < 4.78 is 0. The highest BCUT2D eigenvalue weighted by molar-refractivity contribution is 5.77. The highest BCUT2D eigenvalue weighted by Crippen LogP contribution is 2.29. The first-order valence-corrected chi connectivity index (χ1v) is 5.94. The van der Waals surface area contributed by atoms with Crippen LogP contribution in [-0.2, 0) is 0 Å². The van der Waals surface area contributed by atoms with E-state index >= 15 is 0 Å². The lowest BCUT2D eigenvalue weighted by atomic mass is 10.0. The summed E-state index contributed by atoms with van der Waals surface area (Å²) in [6, 6.07) is 0. The van der Waals surface area contributed by atoms with Crippen molar-refractivity contribution in [2.24, 2.45) is 0 Å². The first-order chi connectivity index (χ1) is 7.79. The maximum Gasteiger partial charge on any atom is 0.253 e. The van der Waals surface area contributed by atoms with E-state index < -0.39 is 0 Å². The highest BCUT2D eigenvalue weighted by atomic mass is 16.2. The first-order valence-electron chi connectivity index (χ1n) is 5.94. The average Bonchev–Trinajstić information content (AvgIpc) is 2.27. The summed E-state index contributed by atoms with van der Waals surface area (Å²) >= 11 is 0. The summed E-state index contributed by atoms with van der Waals surface area (Å²) in [6.07, 6.45) is 5.51. The van der Waals surface area contributed by atoms with Crippen LogP contribution in [0.15, 0.2) is 9.59 Å². The van der Waals surface area contributed by atoms with Crippen LogP contribution >= 0.6 is 0 Å². The molecule has 0 atom stereocenters. The van der Waals surface area contributed by atoms with Gasteiger partial charge in [0.1, 0.15) is 11.4 Å². The van der Waals surface area contributed by atoms with Gasteiger partial charge in [-0.25, -0.2) is 0 Å². The molecule has 0 bridgehead atoms. The van der Waals surface area contributed by atoms with Crippen molar-refractivity contribution in [3.63, 3.8) is 0 Å². The third-order valence-corrected chi connectivity index (χ3v) is 3.53. The molecule has 0 N–H and O–H groups in total. The smallest absolute Gasteiger partial charge is 0.253 e. The van der Waals surface area contributed by atoms with E-state index in [-0.39, 0.29) is 10.9 Å². The van der Waals surface area contributed by atoms with Crippen LogP contribution in [0.2, 0.25) is 0 Å². The number of hydrogen-bond acceptors (Lipinski definition) is 4. The minimum absolute atomic E-state index is 0.278. The first kappa shape index (κ1) is 9.87. The Morgan fingerprint density at radius 3 is 2.00 bits per heavy atom. The van der Waals surface area contributed by atoms with E-state index in [1.807, 2.05) is 4.90 Å². The van der Waals surface area contributed by atoms with E-state index in [1.54, 1.807) is 0 Å². The van der Waals surface area contributed by atoms with Gasteiger partial charge in [-0.3, -0.25) is 9.59 Å². The van der Waals surface area contributed by atoms with Crippen molar-refractivity contribution in [3.8, 4) is 0 Å². The molecule has 1 aromatic carbocycles. The van der Waals surface area contributed by atoms with Crippen LogP contribution < -0.4 is 20.7 Å². The fraction of sp³-hybridized carbons (Fsp3) is 0.583. The van der Waals surface area contributed by atoms with Crippen LogP contribution in [0.1, 0.15) is 19.3 Å². The van der Waals surface area contributed by atoms with Crippen molar-refractivity contribution in [1.82, 2.24) is 0 Å². The molecule has 1 radical (unpaired) electrons. The van der Waals surface area contributed by atoms with Crippen LogP contribution in [0, 0.1) is 6.42 Å². The van der Waals surface area contributed by atoms with Gasteiger partial charge in [0.2, 0.25) is 0 Å². The van der Waals surface area contributed by atoms with E-state index in [9.17, 15) is 9.59 Å². The average molecular weight is 219 g/mol. The number of rotatable bonds is 2. The van der Waals surface area contributed by atoms with Gasteiger partial charge in [0.25, 0.3) is 10.9 Å². The summed E-state index contributed by atoms with van der Waals surface area (Å²) in [4.78, 5) is 27.3. The monoisotopic (exact) mass is 219 g/mol. The van der Waals surface area contributed by atoms with Gasteiger partial charge in [0.05, 0.1) is 0 Å². The molecule has 4 nitrogen and oxygen atoms in total. The van der Waals surface area contributed by atoms with E-state index in [0.717, 1.165) is 45.4 Å². The molecule has 0 aliphatic carbocycles. The molecular formula is C12H15N2O2. The van der Waals surface area contributed by atoms with Gasteiger partial charge in [-0.2, -0.15) is 0 Å². The Morgan fingerprint density at radius 2 is 1.50 bits per heavy atom. The van der Waals surface area contributed by atoms with E-state index in [4.69, 9.17) is 0 Å². The van der Waals surface area contributed by atoms with Crippen LogP contribution in [-0.4, -0.2) is 26.2 Å². The fourth-order valence-corrected chi connectivity index (χ4v) is 2.46. The zero-order valence-corrected chi connectivity index (χ0v) is 9.24. The Labute approximate surface area is 94.2 Å². The standard InChI is InChI=1S/C12H15N2O2/c15-11-9(13-5-2-1-3-6-13)10(12(11)16)14-7-4-8-14/h2H,1,3-8H2. The van der Waals surface area contributed by atoms with E-state index in [2.05, 4.69) is 11.3 Å². The molecule has 2 saturated heterocycles. The second kappa shape index (κ2) is 3.61. The minimum Gasteiger partial charge on any atom is -0.366 e. The summed E-state index contributed by atoms with van der Waals surface area (Å²) in [6.45, 7) is 3.57. The number of anilines is 2. The maximum atomic E-state index is 11.6. The van der Waals surface area contributed by atoms with Gasteiger partial charge in [-0.05, 0) is 25.7 Å². The molecule has 2 aliphatic rings. The van der Waals surface area contributed by atoms with Gasteiger partial charge in [-0.15, -0.1) is 0 Å². The third-order valence-electron chi connectivity index (χ3n) is 3.53. The molecule has 0 aromatic heterocycles. The largest absolute Gasteiger partial charge is 0.366 e. The Hall–Kier alpha value is -1.32. The molecule has 1 aromatic rings. The van der Waals surface area contributed by atoms with Crippen LogP contribution in [0.3, 0.4) is 0 Å². The van der Waals surface area contributed by atoms with E-state index in [1.165, 1.54) is 0 Å². The summed E-state index contributed by atoms with van der Waals surface area (Å²) in [5.74, 6) is 0. The molecule has 2 heterocycles. The molecule has 2 fully saturated rings. The molecule has 0 spiro atoms. The number of hydrogen-bond donors (Lipinski definition) is 0. The van der Waals surface area contributed by atoms with Crippen molar-refractivity contribution in [2.45, 2.75) is 19.3 Å². The molecule has 0 amide bonds. The highest BCUT2D eigenvalue weighted by Gasteiger charge is 2.32. The predicted octanol–water partition coefficient (Wildman–Crippen LogP) is 0.297. The summed E-state index contributed by atoms with van der Waals surface area (Å²) in [5.41, 5.74) is 0.810. The van der Waals surface area contributed by atoms with Crippen molar-refractivity contribution in [3.05, 3.63) is 26.9 Å². The summed E-state index contributed by atoms with van der Waals surface area (Å²) in [7, 11) is 0. The molecule has 0 saturated carbocycles. The van der Waals surface area contributed by atoms with Crippen molar-refractivity contribution in [1.29, 1.82) is 0 Å². The molecule has 16 heavy (non-hydrogen) atoms. The normalized spacial score (nSPS) is 21.2. The van der Waals surface area contributed by atoms with Gasteiger partial charge >= 0.3 is 0 Å². The molecule has 3 rings (SSSR count). The van der Waals surface area contributed by atoms with Crippen molar-refractivity contribution >= 4 is 11.4 Å². The second-order valence-electron chi connectivity index (χ2n) is 4.57. The fourth-order valence-electron chi connectivity index (χ4n) is 2.46. The Kier molecular flexibility index (Phi) is 2.23. The Morgan fingerprint density at radius 1 is 0.875 bits per heavy atom. The quantitative estimate of drug-likeness (QED) is 0.671. The van der Waals surface area contributed by atoms with Gasteiger partial charge < -0.3 is 9.80 Å². The molecular weight excluding hydrogens is 204 g/mol. The Balaban J connectivity index is 1.90. The van der Waals surface area contributed by atoms with Crippen LogP contribution in [0.5, 0.6) is 0 Å². The Bertz CT molecular complexity index is 463. The minimum atomic E-state index is -0.280. The summed E-state index contributed by atoms with van der Waals surface area (Å²) in [5, 5.41) is 0. The predicted molar refractivity (Wildman–Crippen MR) is 63.9 cm³/mol. The number of piperidine rings is 1. The SMILES string of the molecule is O=c1c(N2C[CH]CCC2)c(N2CCC2)c1=O. The van der Waals surface area contributed by atoms with Crippen molar-refractivity contribution < 1.29 is 0 Å². The molecule has 85 valence electrons. The molecule has 4 heteroatoms. The van der Waals surface area contributed by atoms with Gasteiger partial charge in [-0.1, -0.05) is 0 Å². The lowest BCUT2D eigenvalue weighted by Crippen LogP contribution is -2.51. The third kappa shape index (κ3) is 1.29. The zero-order chi connectivity index (χ0) is 11.1. The van der Waals surface area contributed by atoms with Gasteiger partial charge in [0, 0.05) is 26.2 Å². The number of nitrogens with zero attached hydrogens (tertiary/aromatic N) is 2. The van der Waals surface area contributed by atoms with Crippen molar-refractivity contribution in [2.75, 3.05) is 36.0 Å². The van der Waals surface area contributed by atoms with Gasteiger partial charge in [0.15, 0.2) is 0 Å². The zero-order valence-electron chi connectivity index (χ0n) is 9.24. The maximum absolute atomic E-state index is 11.6. The van der Waals surface area contributed by atoms with Crippen LogP contribution in [0.4, 0.5) is 11.4 Å². The van der Waals surface area contributed by atoms with E-state index in [0.29, 0.717) is 11.4 Å².